The minimum atomic E-state index is -0.546. The summed E-state index contributed by atoms with van der Waals surface area (Å²) in [6.45, 7) is 5.62. The van der Waals surface area contributed by atoms with Crippen LogP contribution in [0.2, 0.25) is 0 Å². The van der Waals surface area contributed by atoms with Crippen LogP contribution in [-0.2, 0) is 4.74 Å². The zero-order valence-corrected chi connectivity index (χ0v) is 9.04. The Morgan fingerprint density at radius 3 is 2.64 bits per heavy atom. The monoisotopic (exact) mass is 199 g/mol. The van der Waals surface area contributed by atoms with Crippen molar-refractivity contribution >= 4 is 0 Å². The Hall–Kier alpha value is -0.120. The van der Waals surface area contributed by atoms with Gasteiger partial charge in [0.2, 0.25) is 0 Å². The standard InChI is InChI=1S/C11H21NO2/c1-11(13)5-8-14-9-10(11)12-6-3-2-4-7-12/h10,13H,2-9H2,1H3/t10-,11+/m0/s1. The summed E-state index contributed by atoms with van der Waals surface area (Å²) in [5, 5.41) is 10.3. The van der Waals surface area contributed by atoms with Gasteiger partial charge in [-0.3, -0.25) is 4.90 Å². The molecule has 2 saturated heterocycles. The molecule has 1 N–H and O–H groups in total. The molecule has 0 radical (unpaired) electrons. The third kappa shape index (κ3) is 2.10. The van der Waals surface area contributed by atoms with Crippen molar-refractivity contribution in [3.8, 4) is 0 Å². The number of nitrogens with zero attached hydrogens (tertiary/aromatic N) is 1. The van der Waals surface area contributed by atoms with Gasteiger partial charge in [-0.25, -0.2) is 0 Å². The molecule has 14 heavy (non-hydrogen) atoms. The third-order valence-corrected chi connectivity index (χ3v) is 3.58. The van der Waals surface area contributed by atoms with E-state index in [2.05, 4.69) is 4.90 Å². The second-order valence-electron chi connectivity index (χ2n) is 4.79. The average Bonchev–Trinajstić information content (AvgIpc) is 2.18. The molecule has 0 aromatic rings. The largest absolute Gasteiger partial charge is 0.388 e. The van der Waals surface area contributed by atoms with Crippen molar-refractivity contribution in [1.82, 2.24) is 4.90 Å². The number of ether oxygens (including phenoxy) is 1. The molecule has 2 aliphatic rings. The van der Waals surface area contributed by atoms with E-state index in [9.17, 15) is 5.11 Å². The lowest BCUT2D eigenvalue weighted by molar-refractivity contribution is -0.122. The molecular weight excluding hydrogens is 178 g/mol. The highest BCUT2D eigenvalue weighted by Gasteiger charge is 2.39. The van der Waals surface area contributed by atoms with E-state index in [1.807, 2.05) is 6.92 Å². The van der Waals surface area contributed by atoms with Gasteiger partial charge in [-0.2, -0.15) is 0 Å². The van der Waals surface area contributed by atoms with Crippen molar-refractivity contribution in [2.75, 3.05) is 26.3 Å². The fraction of sp³-hybridized carbons (Fsp3) is 1.00. The SMILES string of the molecule is C[C@@]1(O)CCOC[C@@H]1N1CCCCC1. The second-order valence-corrected chi connectivity index (χ2v) is 4.79. The zero-order valence-electron chi connectivity index (χ0n) is 9.04. The van der Waals surface area contributed by atoms with Gasteiger partial charge in [-0.05, 0) is 32.9 Å². The van der Waals surface area contributed by atoms with Gasteiger partial charge in [0.15, 0.2) is 0 Å². The highest BCUT2D eigenvalue weighted by Crippen LogP contribution is 2.26. The third-order valence-electron chi connectivity index (χ3n) is 3.58. The van der Waals surface area contributed by atoms with E-state index in [-0.39, 0.29) is 6.04 Å². The van der Waals surface area contributed by atoms with Gasteiger partial charge in [0.25, 0.3) is 0 Å². The number of piperidine rings is 1. The number of hydrogen-bond donors (Lipinski definition) is 1. The maximum Gasteiger partial charge on any atom is 0.0818 e. The molecule has 0 aromatic carbocycles. The summed E-state index contributed by atoms with van der Waals surface area (Å²) in [7, 11) is 0. The van der Waals surface area contributed by atoms with Crippen LogP contribution >= 0.6 is 0 Å². The van der Waals surface area contributed by atoms with Gasteiger partial charge in [0.1, 0.15) is 0 Å². The Bertz CT molecular complexity index is 188. The maximum absolute atomic E-state index is 10.3. The van der Waals surface area contributed by atoms with Crippen molar-refractivity contribution in [2.24, 2.45) is 0 Å². The molecule has 2 atom stereocenters. The minimum absolute atomic E-state index is 0.219. The van der Waals surface area contributed by atoms with Crippen molar-refractivity contribution in [2.45, 2.75) is 44.2 Å². The molecule has 2 rings (SSSR count). The summed E-state index contributed by atoms with van der Waals surface area (Å²) in [6, 6.07) is 0.219. The quantitative estimate of drug-likeness (QED) is 0.684. The summed E-state index contributed by atoms with van der Waals surface area (Å²) in [6.07, 6.45) is 4.65. The molecule has 2 fully saturated rings. The summed E-state index contributed by atoms with van der Waals surface area (Å²) >= 11 is 0. The van der Waals surface area contributed by atoms with E-state index >= 15 is 0 Å². The molecule has 0 amide bonds. The van der Waals surface area contributed by atoms with E-state index in [1.54, 1.807) is 0 Å². The summed E-state index contributed by atoms with van der Waals surface area (Å²) in [5.41, 5.74) is -0.546. The lowest BCUT2D eigenvalue weighted by atomic mass is 9.89. The minimum Gasteiger partial charge on any atom is -0.388 e. The molecule has 0 spiro atoms. The number of likely N-dealkylation sites (tertiary alicyclic amines) is 1. The molecule has 2 aliphatic heterocycles. The Balaban J connectivity index is 1.99. The summed E-state index contributed by atoms with van der Waals surface area (Å²) in [5.74, 6) is 0. The van der Waals surface area contributed by atoms with Gasteiger partial charge in [-0.1, -0.05) is 6.42 Å². The first-order valence-electron chi connectivity index (χ1n) is 5.74. The predicted octanol–water partition coefficient (Wildman–Crippen LogP) is 1.01. The second kappa shape index (κ2) is 4.17. The van der Waals surface area contributed by atoms with Crippen LogP contribution in [0.5, 0.6) is 0 Å². The molecule has 0 aromatic heterocycles. The first-order valence-corrected chi connectivity index (χ1v) is 5.74. The highest BCUT2D eigenvalue weighted by atomic mass is 16.5. The van der Waals surface area contributed by atoms with Crippen molar-refractivity contribution < 1.29 is 9.84 Å². The average molecular weight is 199 g/mol. The Labute approximate surface area is 86.0 Å². The normalized spacial score (nSPS) is 41.1. The molecule has 0 saturated carbocycles. The van der Waals surface area contributed by atoms with Crippen LogP contribution in [0.25, 0.3) is 0 Å². The van der Waals surface area contributed by atoms with E-state index in [0.717, 1.165) is 19.5 Å². The topological polar surface area (TPSA) is 32.7 Å². The van der Waals surface area contributed by atoms with Crippen molar-refractivity contribution in [3.05, 3.63) is 0 Å². The lowest BCUT2D eigenvalue weighted by Crippen LogP contribution is -2.57. The zero-order chi connectivity index (χ0) is 10.0. The van der Waals surface area contributed by atoms with E-state index < -0.39 is 5.60 Å². The van der Waals surface area contributed by atoms with Gasteiger partial charge in [-0.15, -0.1) is 0 Å². The maximum atomic E-state index is 10.3. The van der Waals surface area contributed by atoms with Crippen LogP contribution in [0.15, 0.2) is 0 Å². The fourth-order valence-corrected chi connectivity index (χ4v) is 2.55. The van der Waals surface area contributed by atoms with Crippen molar-refractivity contribution in [3.63, 3.8) is 0 Å². The van der Waals surface area contributed by atoms with E-state index in [0.29, 0.717) is 13.2 Å². The van der Waals surface area contributed by atoms with Crippen LogP contribution in [0.3, 0.4) is 0 Å². The van der Waals surface area contributed by atoms with Crippen LogP contribution in [-0.4, -0.2) is 48.0 Å². The lowest BCUT2D eigenvalue weighted by Gasteiger charge is -2.45. The molecule has 2 heterocycles. The van der Waals surface area contributed by atoms with Crippen LogP contribution in [0.4, 0.5) is 0 Å². The predicted molar refractivity (Wildman–Crippen MR) is 55.3 cm³/mol. The van der Waals surface area contributed by atoms with Crippen LogP contribution in [0, 0.1) is 0 Å². The summed E-state index contributed by atoms with van der Waals surface area (Å²) in [4.78, 5) is 2.41. The van der Waals surface area contributed by atoms with E-state index in [1.165, 1.54) is 19.3 Å². The smallest absolute Gasteiger partial charge is 0.0818 e. The first-order chi connectivity index (χ1) is 6.70. The number of hydrogen-bond acceptors (Lipinski definition) is 3. The highest BCUT2D eigenvalue weighted by molar-refractivity contribution is 4.92. The molecule has 3 nitrogen and oxygen atoms in total. The molecular formula is C11H21NO2. The Morgan fingerprint density at radius 2 is 2.00 bits per heavy atom. The number of rotatable bonds is 1. The fourth-order valence-electron chi connectivity index (χ4n) is 2.55. The molecule has 0 aliphatic carbocycles. The molecule has 0 unspecified atom stereocenters. The van der Waals surface area contributed by atoms with Gasteiger partial charge >= 0.3 is 0 Å². The molecule has 0 bridgehead atoms. The van der Waals surface area contributed by atoms with Crippen LogP contribution in [0.1, 0.15) is 32.6 Å². The van der Waals surface area contributed by atoms with Crippen LogP contribution < -0.4 is 0 Å². The van der Waals surface area contributed by atoms with Gasteiger partial charge in [0.05, 0.1) is 18.2 Å². The number of aliphatic hydroxyl groups is 1. The Kier molecular flexibility index (Phi) is 3.10. The van der Waals surface area contributed by atoms with Gasteiger partial charge in [0, 0.05) is 13.0 Å². The molecule has 3 heteroatoms. The molecule has 82 valence electrons. The first kappa shape index (κ1) is 10.4. The Morgan fingerprint density at radius 1 is 1.29 bits per heavy atom. The summed E-state index contributed by atoms with van der Waals surface area (Å²) < 4.78 is 5.47. The van der Waals surface area contributed by atoms with Crippen molar-refractivity contribution in [1.29, 1.82) is 0 Å². The van der Waals surface area contributed by atoms with E-state index in [4.69, 9.17) is 4.74 Å². The van der Waals surface area contributed by atoms with Gasteiger partial charge < -0.3 is 9.84 Å².